The van der Waals surface area contributed by atoms with Crippen LogP contribution in [0, 0.1) is 6.92 Å². The second-order valence-corrected chi connectivity index (χ2v) is 5.25. The summed E-state index contributed by atoms with van der Waals surface area (Å²) in [6.45, 7) is 4.34. The molecule has 24 heavy (non-hydrogen) atoms. The van der Waals surface area contributed by atoms with Crippen LogP contribution < -0.4 is 0 Å². The van der Waals surface area contributed by atoms with Gasteiger partial charge in [0.2, 0.25) is 0 Å². The monoisotopic (exact) mass is 326 g/mol. The Morgan fingerprint density at radius 1 is 1.17 bits per heavy atom. The molecule has 0 amide bonds. The molecule has 0 N–H and O–H groups in total. The Labute approximate surface area is 142 Å². The van der Waals surface area contributed by atoms with E-state index in [1.807, 2.05) is 50.2 Å². The highest BCUT2D eigenvalue weighted by Gasteiger charge is 2.02. The SMILES string of the molecule is CON=C(C)c1cccc(CCCON=Cc2cccc(C)n2)n1. The molecule has 0 saturated carbocycles. The number of hydrogen-bond acceptors (Lipinski definition) is 6. The van der Waals surface area contributed by atoms with Gasteiger partial charge in [-0.1, -0.05) is 22.4 Å². The molecule has 2 aromatic rings. The van der Waals surface area contributed by atoms with E-state index in [4.69, 9.17) is 9.68 Å². The normalized spacial score (nSPS) is 11.7. The first kappa shape index (κ1) is 17.6. The van der Waals surface area contributed by atoms with Gasteiger partial charge in [0.05, 0.1) is 17.6 Å². The number of rotatable bonds is 8. The molecule has 0 bridgehead atoms. The summed E-state index contributed by atoms with van der Waals surface area (Å²) in [7, 11) is 1.53. The molecule has 0 aromatic carbocycles. The molecule has 0 aliphatic rings. The molecule has 2 rings (SSSR count). The van der Waals surface area contributed by atoms with Gasteiger partial charge in [0, 0.05) is 11.4 Å². The predicted octanol–water partition coefficient (Wildman–Crippen LogP) is 3.14. The van der Waals surface area contributed by atoms with Crippen molar-refractivity contribution in [1.82, 2.24) is 9.97 Å². The minimum absolute atomic E-state index is 0.527. The van der Waals surface area contributed by atoms with Crippen LogP contribution in [0.2, 0.25) is 0 Å². The summed E-state index contributed by atoms with van der Waals surface area (Å²) < 4.78 is 0. The van der Waals surface area contributed by atoms with E-state index in [-0.39, 0.29) is 0 Å². The first-order valence-electron chi connectivity index (χ1n) is 7.82. The third kappa shape index (κ3) is 5.79. The fourth-order valence-electron chi connectivity index (χ4n) is 2.10. The fraction of sp³-hybridized carbons (Fsp3) is 0.333. The summed E-state index contributed by atoms with van der Waals surface area (Å²) in [5.41, 5.74) is 4.31. The van der Waals surface area contributed by atoms with Crippen LogP contribution in [0.1, 0.15) is 36.1 Å². The van der Waals surface area contributed by atoms with Gasteiger partial charge in [-0.25, -0.2) is 0 Å². The van der Waals surface area contributed by atoms with Crippen LogP contribution in [-0.2, 0) is 16.1 Å². The zero-order valence-corrected chi connectivity index (χ0v) is 14.3. The molecule has 0 aliphatic carbocycles. The van der Waals surface area contributed by atoms with E-state index in [0.717, 1.165) is 41.3 Å². The maximum Gasteiger partial charge on any atom is 0.117 e. The number of aromatic nitrogens is 2. The van der Waals surface area contributed by atoms with E-state index in [1.165, 1.54) is 7.11 Å². The van der Waals surface area contributed by atoms with Gasteiger partial charge in [0.15, 0.2) is 0 Å². The lowest BCUT2D eigenvalue weighted by molar-refractivity contribution is 0.143. The maximum absolute atomic E-state index is 5.27. The molecular formula is C18H22N4O2. The largest absolute Gasteiger partial charge is 0.399 e. The number of aryl methyl sites for hydroxylation is 2. The lowest BCUT2D eigenvalue weighted by Crippen LogP contribution is -2.03. The quantitative estimate of drug-likeness (QED) is 0.424. The third-order valence-electron chi connectivity index (χ3n) is 3.24. The number of oxime groups is 2. The van der Waals surface area contributed by atoms with E-state index in [1.54, 1.807) is 6.21 Å². The molecular weight excluding hydrogens is 304 g/mol. The second kappa shape index (κ2) is 9.39. The van der Waals surface area contributed by atoms with Gasteiger partial charge in [-0.05, 0) is 51.0 Å². The van der Waals surface area contributed by atoms with Crippen molar-refractivity contribution in [3.8, 4) is 0 Å². The Morgan fingerprint density at radius 3 is 2.79 bits per heavy atom. The molecule has 6 heteroatoms. The molecule has 2 heterocycles. The predicted molar refractivity (Wildman–Crippen MR) is 94.3 cm³/mol. The van der Waals surface area contributed by atoms with Gasteiger partial charge in [0.1, 0.15) is 19.4 Å². The van der Waals surface area contributed by atoms with Crippen LogP contribution in [0.4, 0.5) is 0 Å². The number of nitrogens with zero attached hydrogens (tertiary/aromatic N) is 4. The van der Waals surface area contributed by atoms with Crippen LogP contribution in [0.25, 0.3) is 0 Å². The van der Waals surface area contributed by atoms with Crippen molar-refractivity contribution in [2.75, 3.05) is 13.7 Å². The van der Waals surface area contributed by atoms with Crippen molar-refractivity contribution in [2.24, 2.45) is 10.3 Å². The van der Waals surface area contributed by atoms with Crippen LogP contribution in [-0.4, -0.2) is 35.6 Å². The summed E-state index contributed by atoms with van der Waals surface area (Å²) in [5.74, 6) is 0. The average molecular weight is 326 g/mol. The molecule has 0 saturated heterocycles. The van der Waals surface area contributed by atoms with Gasteiger partial charge in [-0.15, -0.1) is 0 Å². The van der Waals surface area contributed by atoms with E-state index in [2.05, 4.69) is 20.3 Å². The van der Waals surface area contributed by atoms with E-state index >= 15 is 0 Å². The lowest BCUT2D eigenvalue weighted by Gasteiger charge is -2.04. The van der Waals surface area contributed by atoms with Crippen LogP contribution >= 0.6 is 0 Å². The number of pyridine rings is 2. The van der Waals surface area contributed by atoms with Crippen molar-refractivity contribution in [2.45, 2.75) is 26.7 Å². The van der Waals surface area contributed by atoms with E-state index in [9.17, 15) is 0 Å². The minimum atomic E-state index is 0.527. The Hall–Kier alpha value is -2.76. The first-order valence-corrected chi connectivity index (χ1v) is 7.82. The molecule has 0 atom stereocenters. The molecule has 0 aliphatic heterocycles. The summed E-state index contributed by atoms with van der Waals surface area (Å²) >= 11 is 0. The maximum atomic E-state index is 5.27. The van der Waals surface area contributed by atoms with Gasteiger partial charge < -0.3 is 9.68 Å². The Morgan fingerprint density at radius 2 is 2.00 bits per heavy atom. The fourth-order valence-corrected chi connectivity index (χ4v) is 2.10. The third-order valence-corrected chi connectivity index (χ3v) is 3.24. The molecule has 0 unspecified atom stereocenters. The average Bonchev–Trinajstić information content (AvgIpc) is 2.58. The first-order chi connectivity index (χ1) is 11.7. The summed E-state index contributed by atoms with van der Waals surface area (Å²) in [6, 6.07) is 11.6. The molecule has 126 valence electrons. The van der Waals surface area contributed by atoms with Crippen molar-refractivity contribution < 1.29 is 9.68 Å². The molecule has 0 radical (unpaired) electrons. The van der Waals surface area contributed by atoms with Crippen LogP contribution in [0.15, 0.2) is 46.7 Å². The summed E-state index contributed by atoms with van der Waals surface area (Å²) in [6.07, 6.45) is 3.26. The van der Waals surface area contributed by atoms with Gasteiger partial charge in [0.25, 0.3) is 0 Å². The molecule has 0 spiro atoms. The summed E-state index contributed by atoms with van der Waals surface area (Å²) in [4.78, 5) is 18.9. The molecule has 6 nitrogen and oxygen atoms in total. The smallest absolute Gasteiger partial charge is 0.117 e. The van der Waals surface area contributed by atoms with Gasteiger partial charge >= 0.3 is 0 Å². The van der Waals surface area contributed by atoms with Crippen molar-refractivity contribution in [3.63, 3.8) is 0 Å². The Bertz CT molecular complexity index is 714. The molecule has 0 fully saturated rings. The lowest BCUT2D eigenvalue weighted by atomic mass is 10.2. The van der Waals surface area contributed by atoms with Crippen molar-refractivity contribution >= 4 is 11.9 Å². The number of hydrogen-bond donors (Lipinski definition) is 0. The topological polar surface area (TPSA) is 69.0 Å². The minimum Gasteiger partial charge on any atom is -0.399 e. The van der Waals surface area contributed by atoms with Gasteiger partial charge in [-0.2, -0.15) is 0 Å². The highest BCUT2D eigenvalue weighted by molar-refractivity contribution is 5.96. The zero-order chi connectivity index (χ0) is 17.2. The van der Waals surface area contributed by atoms with E-state index in [0.29, 0.717) is 6.61 Å². The highest BCUT2D eigenvalue weighted by Crippen LogP contribution is 2.04. The highest BCUT2D eigenvalue weighted by atomic mass is 16.6. The van der Waals surface area contributed by atoms with Crippen LogP contribution in [0.3, 0.4) is 0 Å². The van der Waals surface area contributed by atoms with Gasteiger partial charge in [-0.3, -0.25) is 9.97 Å². The Balaban J connectivity index is 1.76. The van der Waals surface area contributed by atoms with Crippen molar-refractivity contribution in [3.05, 3.63) is 59.2 Å². The standard InChI is InChI=1S/C18H22N4O2/c1-14-7-4-9-17(20-14)13-19-24-12-6-10-16-8-5-11-18(21-16)15(2)22-23-3/h4-5,7-9,11,13H,6,10,12H2,1-3H3. The van der Waals surface area contributed by atoms with Crippen LogP contribution in [0.5, 0.6) is 0 Å². The Kier molecular flexibility index (Phi) is 6.89. The zero-order valence-electron chi connectivity index (χ0n) is 14.3. The van der Waals surface area contributed by atoms with Crippen molar-refractivity contribution in [1.29, 1.82) is 0 Å². The molecule has 2 aromatic heterocycles. The van der Waals surface area contributed by atoms with E-state index < -0.39 is 0 Å². The summed E-state index contributed by atoms with van der Waals surface area (Å²) in [5, 5.41) is 7.84. The second-order valence-electron chi connectivity index (χ2n) is 5.25.